The Labute approximate surface area is 121 Å². The summed E-state index contributed by atoms with van der Waals surface area (Å²) in [5.74, 6) is -0.264. The van der Waals surface area contributed by atoms with Crippen LogP contribution >= 0.6 is 11.6 Å². The first-order valence-electron chi connectivity index (χ1n) is 6.09. The summed E-state index contributed by atoms with van der Waals surface area (Å²) < 4.78 is 18.2. The highest BCUT2D eigenvalue weighted by Crippen LogP contribution is 2.24. The molecule has 0 saturated heterocycles. The lowest BCUT2D eigenvalue weighted by Crippen LogP contribution is -2.13. The molecule has 2 aromatic carbocycles. The van der Waals surface area contributed by atoms with Crippen LogP contribution in [-0.2, 0) is 0 Å². The van der Waals surface area contributed by atoms with Crippen LogP contribution in [0.5, 0.6) is 5.75 Å². The van der Waals surface area contributed by atoms with E-state index in [1.165, 1.54) is 30.3 Å². The molecule has 104 valence electrons. The molecule has 5 heteroatoms. The first kappa shape index (κ1) is 14.3. The molecule has 0 fully saturated rings. The van der Waals surface area contributed by atoms with Gasteiger partial charge in [-0.3, -0.25) is 4.79 Å². The van der Waals surface area contributed by atoms with Crippen LogP contribution in [0.25, 0.3) is 0 Å². The van der Waals surface area contributed by atoms with E-state index in [-0.39, 0.29) is 11.7 Å². The molecule has 3 nitrogen and oxygen atoms in total. The van der Waals surface area contributed by atoms with Crippen LogP contribution in [0.2, 0.25) is 5.02 Å². The highest BCUT2D eigenvalue weighted by Gasteiger charge is 2.13. The van der Waals surface area contributed by atoms with Gasteiger partial charge in [-0.25, -0.2) is 4.39 Å². The molecule has 0 bridgehead atoms. The summed E-state index contributed by atoms with van der Waals surface area (Å²) in [6.07, 6.45) is 0. The average Bonchev–Trinajstić information content (AvgIpc) is 2.43. The van der Waals surface area contributed by atoms with Crippen molar-refractivity contribution in [3.05, 3.63) is 58.9 Å². The molecule has 1 N–H and O–H groups in total. The molecule has 2 aromatic rings. The SMILES string of the molecule is CCOc1ccc(Cl)cc1C(=O)Nc1ccc(F)cc1. The maximum Gasteiger partial charge on any atom is 0.259 e. The number of carbonyl (C=O) groups is 1. The summed E-state index contributed by atoms with van der Waals surface area (Å²) in [5.41, 5.74) is 0.836. The zero-order valence-corrected chi connectivity index (χ0v) is 11.6. The molecule has 0 atom stereocenters. The van der Waals surface area contributed by atoms with Crippen molar-refractivity contribution < 1.29 is 13.9 Å². The van der Waals surface area contributed by atoms with E-state index in [0.29, 0.717) is 28.6 Å². The zero-order chi connectivity index (χ0) is 14.5. The van der Waals surface area contributed by atoms with Crippen molar-refractivity contribution in [3.63, 3.8) is 0 Å². The lowest BCUT2D eigenvalue weighted by Gasteiger charge is -2.11. The van der Waals surface area contributed by atoms with E-state index in [1.807, 2.05) is 6.92 Å². The fourth-order valence-electron chi connectivity index (χ4n) is 1.69. The van der Waals surface area contributed by atoms with Crippen LogP contribution in [0.15, 0.2) is 42.5 Å². The van der Waals surface area contributed by atoms with Crippen molar-refractivity contribution in [1.82, 2.24) is 0 Å². The Hall–Kier alpha value is -2.07. The number of anilines is 1. The quantitative estimate of drug-likeness (QED) is 0.920. The number of carbonyl (C=O) groups excluding carboxylic acids is 1. The number of hydrogen-bond acceptors (Lipinski definition) is 2. The third-order valence-electron chi connectivity index (χ3n) is 2.59. The third kappa shape index (κ3) is 3.48. The Balaban J connectivity index is 2.23. The Morgan fingerprint density at radius 3 is 2.60 bits per heavy atom. The summed E-state index contributed by atoms with van der Waals surface area (Å²) in [7, 11) is 0. The van der Waals surface area contributed by atoms with Crippen LogP contribution in [0.4, 0.5) is 10.1 Å². The van der Waals surface area contributed by atoms with E-state index in [0.717, 1.165) is 0 Å². The van der Waals surface area contributed by atoms with Gasteiger partial charge in [-0.05, 0) is 49.4 Å². The second kappa shape index (κ2) is 6.39. The Bertz CT molecular complexity index is 614. The van der Waals surface area contributed by atoms with E-state index >= 15 is 0 Å². The van der Waals surface area contributed by atoms with E-state index in [1.54, 1.807) is 12.1 Å². The zero-order valence-electron chi connectivity index (χ0n) is 10.8. The van der Waals surface area contributed by atoms with Gasteiger partial charge in [-0.1, -0.05) is 11.6 Å². The van der Waals surface area contributed by atoms with Crippen molar-refractivity contribution in [2.24, 2.45) is 0 Å². The molecule has 1 amide bonds. The van der Waals surface area contributed by atoms with Gasteiger partial charge < -0.3 is 10.1 Å². The first-order valence-corrected chi connectivity index (χ1v) is 6.47. The van der Waals surface area contributed by atoms with Crippen molar-refractivity contribution in [1.29, 1.82) is 0 Å². The second-order valence-corrected chi connectivity index (χ2v) is 4.47. The molecular weight excluding hydrogens is 281 g/mol. The molecule has 0 saturated carbocycles. The molecule has 0 heterocycles. The van der Waals surface area contributed by atoms with Crippen LogP contribution < -0.4 is 10.1 Å². The highest BCUT2D eigenvalue weighted by molar-refractivity contribution is 6.31. The molecular formula is C15H13ClFNO2. The minimum Gasteiger partial charge on any atom is -0.493 e. The van der Waals surface area contributed by atoms with Crippen LogP contribution in [0.3, 0.4) is 0 Å². The molecule has 0 radical (unpaired) electrons. The monoisotopic (exact) mass is 293 g/mol. The smallest absolute Gasteiger partial charge is 0.259 e. The first-order chi connectivity index (χ1) is 9.60. The molecule has 0 unspecified atom stereocenters. The van der Waals surface area contributed by atoms with Gasteiger partial charge in [0.2, 0.25) is 0 Å². The van der Waals surface area contributed by atoms with Gasteiger partial charge >= 0.3 is 0 Å². The number of amides is 1. The fourth-order valence-corrected chi connectivity index (χ4v) is 1.86. The van der Waals surface area contributed by atoms with Crippen LogP contribution in [0.1, 0.15) is 17.3 Å². The average molecular weight is 294 g/mol. The van der Waals surface area contributed by atoms with Crippen LogP contribution in [-0.4, -0.2) is 12.5 Å². The van der Waals surface area contributed by atoms with Gasteiger partial charge in [0, 0.05) is 10.7 Å². The Morgan fingerprint density at radius 2 is 1.95 bits per heavy atom. The number of ether oxygens (including phenoxy) is 1. The van der Waals surface area contributed by atoms with Crippen molar-refractivity contribution in [2.45, 2.75) is 6.92 Å². The molecule has 0 aliphatic carbocycles. The normalized spacial score (nSPS) is 10.2. The topological polar surface area (TPSA) is 38.3 Å². The van der Waals surface area contributed by atoms with Crippen molar-refractivity contribution in [3.8, 4) is 5.75 Å². The third-order valence-corrected chi connectivity index (χ3v) is 2.82. The predicted molar refractivity (Wildman–Crippen MR) is 77.0 cm³/mol. The highest BCUT2D eigenvalue weighted by atomic mass is 35.5. The van der Waals surface area contributed by atoms with E-state index in [9.17, 15) is 9.18 Å². The molecule has 0 aliphatic heterocycles. The lowest BCUT2D eigenvalue weighted by atomic mass is 10.2. The standard InChI is InChI=1S/C15H13ClFNO2/c1-2-20-14-8-3-10(16)9-13(14)15(19)18-12-6-4-11(17)5-7-12/h3-9H,2H2,1H3,(H,18,19). The lowest BCUT2D eigenvalue weighted by molar-refractivity contribution is 0.102. The predicted octanol–water partition coefficient (Wildman–Crippen LogP) is 4.13. The van der Waals surface area contributed by atoms with E-state index in [2.05, 4.69) is 5.32 Å². The van der Waals surface area contributed by atoms with E-state index in [4.69, 9.17) is 16.3 Å². The summed E-state index contributed by atoms with van der Waals surface area (Å²) in [6, 6.07) is 10.3. The van der Waals surface area contributed by atoms with Crippen LogP contribution in [0, 0.1) is 5.82 Å². The summed E-state index contributed by atoms with van der Waals surface area (Å²) >= 11 is 5.90. The van der Waals surface area contributed by atoms with Gasteiger partial charge in [0.15, 0.2) is 0 Å². The molecule has 0 spiro atoms. The molecule has 0 aromatic heterocycles. The maximum absolute atomic E-state index is 12.8. The van der Waals surface area contributed by atoms with Gasteiger partial charge in [-0.15, -0.1) is 0 Å². The number of hydrogen-bond donors (Lipinski definition) is 1. The second-order valence-electron chi connectivity index (χ2n) is 4.03. The van der Waals surface area contributed by atoms with Gasteiger partial charge in [0.25, 0.3) is 5.91 Å². The molecule has 2 rings (SSSR count). The number of nitrogens with one attached hydrogen (secondary N) is 1. The number of halogens is 2. The number of rotatable bonds is 4. The van der Waals surface area contributed by atoms with Gasteiger partial charge in [-0.2, -0.15) is 0 Å². The van der Waals surface area contributed by atoms with Gasteiger partial charge in [0.05, 0.1) is 12.2 Å². The van der Waals surface area contributed by atoms with Crippen molar-refractivity contribution >= 4 is 23.2 Å². The minimum absolute atomic E-state index is 0.337. The number of benzene rings is 2. The van der Waals surface area contributed by atoms with Crippen molar-refractivity contribution in [2.75, 3.05) is 11.9 Å². The Kier molecular flexibility index (Phi) is 4.58. The fraction of sp³-hybridized carbons (Fsp3) is 0.133. The van der Waals surface area contributed by atoms with Gasteiger partial charge in [0.1, 0.15) is 11.6 Å². The summed E-state index contributed by atoms with van der Waals surface area (Å²) in [6.45, 7) is 2.27. The minimum atomic E-state index is -0.360. The summed E-state index contributed by atoms with van der Waals surface area (Å²) in [4.78, 5) is 12.2. The summed E-state index contributed by atoms with van der Waals surface area (Å²) in [5, 5.41) is 3.11. The molecule has 20 heavy (non-hydrogen) atoms. The van der Waals surface area contributed by atoms with E-state index < -0.39 is 0 Å². The largest absolute Gasteiger partial charge is 0.493 e. The Morgan fingerprint density at radius 1 is 1.25 bits per heavy atom. The maximum atomic E-state index is 12.8. The molecule has 0 aliphatic rings.